The summed E-state index contributed by atoms with van der Waals surface area (Å²) < 4.78 is 0. The summed E-state index contributed by atoms with van der Waals surface area (Å²) in [7, 11) is 0. The molecule has 448 valence electrons. The first-order valence-electron chi connectivity index (χ1n) is 28.7. The van der Waals surface area contributed by atoms with Crippen molar-refractivity contribution < 1.29 is 19.7 Å². The van der Waals surface area contributed by atoms with E-state index >= 15 is 0 Å². The van der Waals surface area contributed by atoms with Crippen LogP contribution in [0.3, 0.4) is 0 Å². The molecule has 16 nitrogen and oxygen atoms in total. The predicted molar refractivity (Wildman–Crippen MR) is 359 cm³/mol. The Hall–Kier alpha value is -12.6. The number of hydrogen-bond donors (Lipinski definition) is 4. The van der Waals surface area contributed by atoms with Crippen molar-refractivity contribution in [2.45, 2.75) is 16.2 Å². The Bertz CT molecular complexity index is 3850. The third kappa shape index (κ3) is 12.5. The van der Waals surface area contributed by atoms with Crippen LogP contribution in [-0.4, -0.2) is 19.7 Å². The lowest BCUT2D eigenvalue weighted by Crippen LogP contribution is -2.31. The molecule has 0 aliphatic heterocycles. The quantitative estimate of drug-likeness (QED) is 0.0304. The van der Waals surface area contributed by atoms with Crippen LogP contribution in [0.5, 0.6) is 0 Å². The molecule has 0 spiro atoms. The number of nitrogens with two attached hydrogens (primary N) is 4. The van der Waals surface area contributed by atoms with Crippen LogP contribution in [0.2, 0.25) is 0 Å². The second-order valence-corrected chi connectivity index (χ2v) is 21.4. The molecular weight excluding hydrogens is 1140 g/mol. The Morgan fingerprint density at radius 1 is 0.187 bits per heavy atom. The van der Waals surface area contributed by atoms with Crippen LogP contribution in [0, 0.1) is 40.5 Å². The van der Waals surface area contributed by atoms with Crippen LogP contribution in [0.1, 0.15) is 66.8 Å². The average Bonchev–Trinajstić information content (AvgIpc) is 0.976. The number of nitro benzene ring substituents is 4. The normalized spacial score (nSPS) is 11.2. The molecule has 0 bridgehead atoms. The van der Waals surface area contributed by atoms with E-state index in [9.17, 15) is 40.5 Å². The van der Waals surface area contributed by atoms with E-state index in [1.165, 1.54) is 119 Å². The highest BCUT2D eigenvalue weighted by molar-refractivity contribution is 5.66. The van der Waals surface area contributed by atoms with Crippen molar-refractivity contribution in [3.8, 4) is 0 Å². The zero-order chi connectivity index (χ0) is 64.1. The zero-order valence-electron chi connectivity index (χ0n) is 48.9. The van der Waals surface area contributed by atoms with Gasteiger partial charge >= 0.3 is 0 Å². The molecule has 91 heavy (non-hydrogen) atoms. The number of anilines is 4. The first-order valence-corrected chi connectivity index (χ1v) is 28.7. The maximum absolute atomic E-state index is 11.3. The van der Waals surface area contributed by atoms with Crippen molar-refractivity contribution in [3.63, 3.8) is 0 Å². The van der Waals surface area contributed by atoms with E-state index in [0.717, 1.165) is 45.0 Å². The van der Waals surface area contributed by atoms with E-state index in [1.807, 2.05) is 48.5 Å². The van der Waals surface area contributed by atoms with Crippen molar-refractivity contribution >= 4 is 45.5 Å². The zero-order valence-corrected chi connectivity index (χ0v) is 48.9. The molecule has 0 saturated carbocycles. The van der Waals surface area contributed by atoms with Gasteiger partial charge in [-0.2, -0.15) is 0 Å². The number of nitrogens with zero attached hydrogens (tertiary/aromatic N) is 4. The van der Waals surface area contributed by atoms with Gasteiger partial charge in [0.15, 0.2) is 0 Å². The summed E-state index contributed by atoms with van der Waals surface area (Å²) in [6, 6.07) is 97.6. The molecule has 0 aliphatic carbocycles. The van der Waals surface area contributed by atoms with E-state index in [-0.39, 0.29) is 28.2 Å². The first-order chi connectivity index (χ1) is 44.1. The van der Waals surface area contributed by atoms with Gasteiger partial charge in [-0.15, -0.1) is 0 Å². The summed E-state index contributed by atoms with van der Waals surface area (Å²) in [5, 5.41) is 45.2. The van der Waals surface area contributed by atoms with Crippen LogP contribution < -0.4 is 22.9 Å². The molecule has 0 saturated heterocycles. The molecule has 0 aliphatic rings. The van der Waals surface area contributed by atoms with Crippen molar-refractivity contribution in [1.82, 2.24) is 0 Å². The van der Waals surface area contributed by atoms with Crippen molar-refractivity contribution in [2.75, 3.05) is 22.9 Å². The molecule has 0 atom stereocenters. The summed E-state index contributed by atoms with van der Waals surface area (Å²) in [6.07, 6.45) is 0. The molecular formula is C75H60N8O8. The monoisotopic (exact) mass is 1200 g/mol. The maximum Gasteiger partial charge on any atom is 0.269 e. The second kappa shape index (κ2) is 27.0. The molecule has 16 heteroatoms. The van der Waals surface area contributed by atoms with Gasteiger partial charge in [-0.05, 0) is 115 Å². The van der Waals surface area contributed by atoms with Crippen LogP contribution in [0.15, 0.2) is 315 Å². The molecule has 12 aromatic carbocycles. The largest absolute Gasteiger partial charge is 0.399 e. The Balaban J connectivity index is 0.000000153. The standard InChI is InChI=1S/C25H16N4O8.C25H24N4.C25H20/c30-26(31)21-9-1-17(2-10-21)25(18-3-11-22(12-4-18)27(32)33,19-5-13-23(14-6-19)28(34)35)20-7-15-24(16-8-20)29(36)37;26-21-9-1-17(2-10-21)25(18-3-11-22(27)12-4-18,19-5-13-23(28)14-6-19)20-7-15-24(29)16-8-20;1-5-13-21(14-6-1)25(22-15-7-2-8-16-22,23-17-9-3-10-18-23)24-19-11-4-12-20-24/h1-16H;1-16H,26-29H2;1-20H. The Morgan fingerprint density at radius 2 is 0.308 bits per heavy atom. The number of nitro groups is 4. The second-order valence-electron chi connectivity index (χ2n) is 21.4. The number of hydrogen-bond acceptors (Lipinski definition) is 12. The minimum Gasteiger partial charge on any atom is -0.399 e. The van der Waals surface area contributed by atoms with Gasteiger partial charge in [-0.25, -0.2) is 0 Å². The van der Waals surface area contributed by atoms with E-state index in [2.05, 4.69) is 170 Å². The lowest BCUT2D eigenvalue weighted by Gasteiger charge is -2.37. The highest BCUT2D eigenvalue weighted by Gasteiger charge is 2.42. The van der Waals surface area contributed by atoms with E-state index < -0.39 is 30.5 Å². The summed E-state index contributed by atoms with van der Waals surface area (Å²) in [6.45, 7) is 0. The lowest BCUT2D eigenvalue weighted by molar-refractivity contribution is -0.385. The van der Waals surface area contributed by atoms with Gasteiger partial charge in [0.1, 0.15) is 0 Å². The number of nitrogen functional groups attached to an aromatic ring is 4. The number of rotatable bonds is 16. The summed E-state index contributed by atoms with van der Waals surface area (Å²) >= 11 is 0. The Labute approximate surface area is 524 Å². The van der Waals surface area contributed by atoms with Gasteiger partial charge in [0.2, 0.25) is 0 Å². The molecule has 0 radical (unpaired) electrons. The third-order valence-electron chi connectivity index (χ3n) is 16.2. The van der Waals surface area contributed by atoms with Crippen molar-refractivity contribution in [1.29, 1.82) is 0 Å². The highest BCUT2D eigenvalue weighted by Crippen LogP contribution is 2.49. The minimum absolute atomic E-state index is 0.172. The van der Waals surface area contributed by atoms with Crippen molar-refractivity contribution in [2.24, 2.45) is 0 Å². The molecule has 0 amide bonds. The van der Waals surface area contributed by atoms with Gasteiger partial charge in [-0.1, -0.05) is 218 Å². The van der Waals surface area contributed by atoms with E-state index in [4.69, 9.17) is 22.9 Å². The van der Waals surface area contributed by atoms with Crippen LogP contribution >= 0.6 is 0 Å². The van der Waals surface area contributed by atoms with Gasteiger partial charge in [0.25, 0.3) is 22.7 Å². The SMILES string of the molecule is Nc1ccc(C(c2ccc(N)cc2)(c2ccc(N)cc2)c2ccc(N)cc2)cc1.O=[N+]([O-])c1ccc(C(c2ccc([N+](=O)[O-])cc2)(c2ccc([N+](=O)[O-])cc2)c2ccc([N+](=O)[O-])cc2)cc1.c1ccc(C(c2ccccc2)(c2ccccc2)c2ccccc2)cc1. The Kier molecular flexibility index (Phi) is 18.3. The minimum atomic E-state index is -1.30. The van der Waals surface area contributed by atoms with Crippen LogP contribution in [0.4, 0.5) is 45.5 Å². The summed E-state index contributed by atoms with van der Waals surface area (Å²) in [4.78, 5) is 42.9. The fraction of sp³-hybridized carbons (Fsp3) is 0.0400. The van der Waals surface area contributed by atoms with Crippen molar-refractivity contribution in [3.05, 3.63) is 423 Å². The van der Waals surface area contributed by atoms with E-state index in [1.54, 1.807) is 0 Å². The smallest absolute Gasteiger partial charge is 0.269 e. The predicted octanol–water partition coefficient (Wildman–Crippen LogP) is 16.2. The summed E-state index contributed by atoms with van der Waals surface area (Å²) in [5.41, 5.74) is 35.4. The lowest BCUT2D eigenvalue weighted by atomic mass is 9.65. The van der Waals surface area contributed by atoms with Gasteiger partial charge in [0.05, 0.1) is 35.9 Å². The molecule has 8 N–H and O–H groups in total. The maximum atomic E-state index is 11.3. The molecule has 0 heterocycles. The van der Waals surface area contributed by atoms with Crippen LogP contribution in [0.25, 0.3) is 0 Å². The fourth-order valence-electron chi connectivity index (χ4n) is 12.0. The first kappa shape index (κ1) is 61.5. The molecule has 0 unspecified atom stereocenters. The number of benzene rings is 12. The van der Waals surface area contributed by atoms with Gasteiger partial charge in [0, 0.05) is 71.3 Å². The fourth-order valence-corrected chi connectivity index (χ4v) is 12.0. The van der Waals surface area contributed by atoms with E-state index in [0.29, 0.717) is 22.3 Å². The third-order valence-corrected chi connectivity index (χ3v) is 16.2. The van der Waals surface area contributed by atoms with Gasteiger partial charge in [-0.3, -0.25) is 40.5 Å². The molecule has 0 fully saturated rings. The van der Waals surface area contributed by atoms with Gasteiger partial charge < -0.3 is 22.9 Å². The highest BCUT2D eigenvalue weighted by atomic mass is 16.6. The average molecular weight is 1200 g/mol. The summed E-state index contributed by atoms with van der Waals surface area (Å²) in [5.74, 6) is 0. The molecule has 0 aromatic heterocycles. The van der Waals surface area contributed by atoms with Crippen LogP contribution in [-0.2, 0) is 16.2 Å². The topological polar surface area (TPSA) is 277 Å². The molecule has 12 aromatic rings. The molecule has 12 rings (SSSR count). The Morgan fingerprint density at radius 3 is 0.440 bits per heavy atom. The number of non-ortho nitro benzene ring substituents is 4.